The molecule has 0 unspecified atom stereocenters. The lowest BCUT2D eigenvalue weighted by molar-refractivity contribution is -0.115. The van der Waals surface area contributed by atoms with E-state index in [1.807, 2.05) is 55.5 Å². The standard InChI is InChI=1S/C25H26N6O2/c1-3-10-26-15-22(32)29-19-5-4-6-20(13-19)30-25-28-14-18-12-17(7-8-21(18)31-25)23-16(2)9-11-27-24(23)33/h4-9,11-14,26H,3,10,15H2,1-2H3,(H,27,33)(H,29,32)(H,28,30,31). The van der Waals surface area contributed by atoms with Crippen LogP contribution in [0.3, 0.4) is 0 Å². The number of aromatic nitrogens is 3. The third kappa shape index (κ3) is 5.42. The van der Waals surface area contributed by atoms with Gasteiger partial charge in [-0.2, -0.15) is 0 Å². The first-order valence-corrected chi connectivity index (χ1v) is 10.9. The SMILES string of the molecule is CCCNCC(=O)Nc1cccc(Nc2ncc3cc(-c4c(C)cc[nH]c4=O)ccc3n2)c1. The van der Waals surface area contributed by atoms with E-state index in [9.17, 15) is 9.59 Å². The van der Waals surface area contributed by atoms with Gasteiger partial charge in [-0.1, -0.05) is 19.1 Å². The molecule has 0 aliphatic rings. The van der Waals surface area contributed by atoms with Crippen molar-refractivity contribution in [3.8, 4) is 11.1 Å². The van der Waals surface area contributed by atoms with E-state index in [1.54, 1.807) is 12.4 Å². The predicted molar refractivity (Wildman–Crippen MR) is 132 cm³/mol. The lowest BCUT2D eigenvalue weighted by atomic mass is 10.0. The third-order valence-corrected chi connectivity index (χ3v) is 5.15. The molecule has 8 nitrogen and oxygen atoms in total. The number of nitrogens with one attached hydrogen (secondary N) is 4. The second-order valence-electron chi connectivity index (χ2n) is 7.76. The first-order valence-electron chi connectivity index (χ1n) is 10.9. The Labute approximate surface area is 191 Å². The van der Waals surface area contributed by atoms with Gasteiger partial charge in [-0.05, 0) is 67.4 Å². The number of fused-ring (bicyclic) bond motifs is 1. The molecule has 8 heteroatoms. The molecule has 0 bridgehead atoms. The molecule has 0 spiro atoms. The summed E-state index contributed by atoms with van der Waals surface area (Å²) >= 11 is 0. The molecule has 0 aliphatic heterocycles. The Bertz CT molecular complexity index is 1350. The number of carbonyl (C=O) groups is 1. The van der Waals surface area contributed by atoms with E-state index >= 15 is 0 Å². The maximum atomic E-state index is 12.3. The molecule has 0 aliphatic carbocycles. The quantitative estimate of drug-likeness (QED) is 0.307. The van der Waals surface area contributed by atoms with Gasteiger partial charge in [-0.15, -0.1) is 0 Å². The van der Waals surface area contributed by atoms with E-state index in [0.717, 1.165) is 40.7 Å². The zero-order chi connectivity index (χ0) is 23.2. The Morgan fingerprint density at radius 3 is 2.76 bits per heavy atom. The highest BCUT2D eigenvalue weighted by Crippen LogP contribution is 2.25. The van der Waals surface area contributed by atoms with Crippen LogP contribution in [-0.4, -0.2) is 33.9 Å². The lowest BCUT2D eigenvalue weighted by Crippen LogP contribution is -2.28. The van der Waals surface area contributed by atoms with Gasteiger partial charge < -0.3 is 20.9 Å². The van der Waals surface area contributed by atoms with Crippen molar-refractivity contribution >= 4 is 34.1 Å². The van der Waals surface area contributed by atoms with Crippen molar-refractivity contribution in [1.82, 2.24) is 20.3 Å². The summed E-state index contributed by atoms with van der Waals surface area (Å²) in [6.45, 7) is 5.04. The van der Waals surface area contributed by atoms with Crippen molar-refractivity contribution < 1.29 is 4.79 Å². The first-order chi connectivity index (χ1) is 16.0. The van der Waals surface area contributed by atoms with Gasteiger partial charge in [0, 0.05) is 34.7 Å². The van der Waals surface area contributed by atoms with Crippen molar-refractivity contribution in [2.45, 2.75) is 20.3 Å². The number of nitrogens with zero attached hydrogens (tertiary/aromatic N) is 2. The second kappa shape index (κ2) is 10.1. The van der Waals surface area contributed by atoms with E-state index < -0.39 is 0 Å². The zero-order valence-electron chi connectivity index (χ0n) is 18.6. The lowest BCUT2D eigenvalue weighted by Gasteiger charge is -2.10. The summed E-state index contributed by atoms with van der Waals surface area (Å²) in [4.78, 5) is 36.0. The van der Waals surface area contributed by atoms with Crippen LogP contribution >= 0.6 is 0 Å². The van der Waals surface area contributed by atoms with Crippen molar-refractivity contribution in [1.29, 1.82) is 0 Å². The van der Waals surface area contributed by atoms with Crippen molar-refractivity contribution in [3.63, 3.8) is 0 Å². The van der Waals surface area contributed by atoms with E-state index in [1.165, 1.54) is 0 Å². The van der Waals surface area contributed by atoms with E-state index in [0.29, 0.717) is 17.2 Å². The van der Waals surface area contributed by atoms with Gasteiger partial charge in [0.2, 0.25) is 11.9 Å². The maximum absolute atomic E-state index is 12.3. The van der Waals surface area contributed by atoms with E-state index in [-0.39, 0.29) is 18.0 Å². The number of anilines is 3. The van der Waals surface area contributed by atoms with Gasteiger partial charge in [0.25, 0.3) is 5.56 Å². The Kier molecular flexibility index (Phi) is 6.75. The highest BCUT2D eigenvalue weighted by atomic mass is 16.2. The fraction of sp³-hybridized carbons (Fsp3) is 0.200. The minimum atomic E-state index is -0.123. The van der Waals surface area contributed by atoms with Crippen LogP contribution in [0.4, 0.5) is 17.3 Å². The van der Waals surface area contributed by atoms with Crippen LogP contribution in [0.2, 0.25) is 0 Å². The molecule has 168 valence electrons. The Morgan fingerprint density at radius 1 is 1.09 bits per heavy atom. The zero-order valence-corrected chi connectivity index (χ0v) is 18.6. The number of amides is 1. The fourth-order valence-corrected chi connectivity index (χ4v) is 3.57. The molecule has 0 fully saturated rings. The first kappa shape index (κ1) is 22.2. The molecular formula is C25H26N6O2. The summed E-state index contributed by atoms with van der Waals surface area (Å²) in [6.07, 6.45) is 4.35. The largest absolute Gasteiger partial charge is 0.329 e. The highest BCUT2D eigenvalue weighted by molar-refractivity contribution is 5.92. The summed E-state index contributed by atoms with van der Waals surface area (Å²) in [6, 6.07) is 15.0. The molecule has 0 saturated heterocycles. The normalized spacial score (nSPS) is 10.8. The number of hydrogen-bond donors (Lipinski definition) is 4. The molecule has 4 rings (SSSR count). The molecule has 4 N–H and O–H groups in total. The van der Waals surface area contributed by atoms with E-state index in [2.05, 4.69) is 37.8 Å². The summed E-state index contributed by atoms with van der Waals surface area (Å²) in [5.74, 6) is 0.350. The van der Waals surface area contributed by atoms with Crippen LogP contribution in [0.1, 0.15) is 18.9 Å². The van der Waals surface area contributed by atoms with Crippen LogP contribution in [0.5, 0.6) is 0 Å². The summed E-state index contributed by atoms with van der Waals surface area (Å²) in [5.41, 5.74) is 4.46. The molecule has 4 aromatic rings. The number of aryl methyl sites for hydroxylation is 1. The highest BCUT2D eigenvalue weighted by Gasteiger charge is 2.09. The van der Waals surface area contributed by atoms with E-state index in [4.69, 9.17) is 0 Å². The summed E-state index contributed by atoms with van der Waals surface area (Å²) in [5, 5.41) is 9.97. The Balaban J connectivity index is 1.51. The Morgan fingerprint density at radius 2 is 1.94 bits per heavy atom. The third-order valence-electron chi connectivity index (χ3n) is 5.15. The van der Waals surface area contributed by atoms with Crippen molar-refractivity contribution in [2.24, 2.45) is 0 Å². The predicted octanol–water partition coefficient (Wildman–Crippen LogP) is 3.98. The molecule has 2 aromatic carbocycles. The summed E-state index contributed by atoms with van der Waals surface area (Å²) < 4.78 is 0. The monoisotopic (exact) mass is 442 g/mol. The number of benzene rings is 2. The number of pyridine rings is 1. The maximum Gasteiger partial charge on any atom is 0.256 e. The van der Waals surface area contributed by atoms with Gasteiger partial charge in [-0.25, -0.2) is 9.97 Å². The molecule has 2 heterocycles. The van der Waals surface area contributed by atoms with Gasteiger partial charge in [-0.3, -0.25) is 9.59 Å². The topological polar surface area (TPSA) is 112 Å². The van der Waals surface area contributed by atoms with Gasteiger partial charge in [0.05, 0.1) is 12.1 Å². The van der Waals surface area contributed by atoms with Gasteiger partial charge in [0.1, 0.15) is 0 Å². The van der Waals surface area contributed by atoms with Crippen LogP contribution in [0.15, 0.2) is 65.7 Å². The molecule has 2 aromatic heterocycles. The molecule has 0 radical (unpaired) electrons. The van der Waals surface area contributed by atoms with Crippen molar-refractivity contribution in [2.75, 3.05) is 23.7 Å². The van der Waals surface area contributed by atoms with Gasteiger partial charge in [0.15, 0.2) is 0 Å². The average molecular weight is 443 g/mol. The van der Waals surface area contributed by atoms with Crippen LogP contribution < -0.4 is 21.5 Å². The molecular weight excluding hydrogens is 416 g/mol. The molecule has 0 saturated carbocycles. The number of hydrogen-bond acceptors (Lipinski definition) is 6. The number of carbonyl (C=O) groups excluding carboxylic acids is 1. The van der Waals surface area contributed by atoms with Crippen LogP contribution in [0, 0.1) is 6.92 Å². The molecule has 1 amide bonds. The average Bonchev–Trinajstić information content (AvgIpc) is 2.79. The fourth-order valence-electron chi connectivity index (χ4n) is 3.57. The smallest absolute Gasteiger partial charge is 0.256 e. The van der Waals surface area contributed by atoms with Crippen LogP contribution in [-0.2, 0) is 4.79 Å². The minimum Gasteiger partial charge on any atom is -0.329 e. The minimum absolute atomic E-state index is 0.0918. The number of H-pyrrole nitrogens is 1. The Hall–Kier alpha value is -4.04. The number of aromatic amines is 1. The van der Waals surface area contributed by atoms with Gasteiger partial charge >= 0.3 is 0 Å². The van der Waals surface area contributed by atoms with Crippen LogP contribution in [0.25, 0.3) is 22.0 Å². The summed E-state index contributed by atoms with van der Waals surface area (Å²) in [7, 11) is 0. The number of rotatable bonds is 8. The second-order valence-corrected chi connectivity index (χ2v) is 7.76. The molecule has 33 heavy (non-hydrogen) atoms. The van der Waals surface area contributed by atoms with Crippen molar-refractivity contribution in [3.05, 3.63) is 76.8 Å². The molecule has 0 atom stereocenters.